The first-order chi connectivity index (χ1) is 9.52. The highest BCUT2D eigenvalue weighted by Crippen LogP contribution is 2.38. The molecule has 2 aromatic carbocycles. The Hall–Kier alpha value is -0.510. The van der Waals surface area contributed by atoms with E-state index in [0.29, 0.717) is 0 Å². The normalized spacial score (nSPS) is 12.2. The second kappa shape index (κ2) is 6.97. The molecular formula is C16H15Br2ClO. The largest absolute Gasteiger partial charge is 0.496 e. The van der Waals surface area contributed by atoms with Crippen molar-refractivity contribution in [1.29, 1.82) is 0 Å². The van der Waals surface area contributed by atoms with Gasteiger partial charge in [-0.3, -0.25) is 0 Å². The molecule has 2 aromatic rings. The highest BCUT2D eigenvalue weighted by Gasteiger charge is 2.16. The number of ether oxygens (including phenoxy) is 1. The summed E-state index contributed by atoms with van der Waals surface area (Å²) >= 11 is 13.5. The van der Waals surface area contributed by atoms with E-state index < -0.39 is 0 Å². The summed E-state index contributed by atoms with van der Waals surface area (Å²) in [4.78, 5) is 0.147. The highest BCUT2D eigenvalue weighted by atomic mass is 79.9. The van der Waals surface area contributed by atoms with Gasteiger partial charge in [-0.05, 0) is 42.7 Å². The van der Waals surface area contributed by atoms with Crippen LogP contribution in [0.3, 0.4) is 0 Å². The fourth-order valence-electron chi connectivity index (χ4n) is 2.06. The van der Waals surface area contributed by atoms with Crippen molar-refractivity contribution < 1.29 is 4.74 Å². The van der Waals surface area contributed by atoms with E-state index in [1.165, 1.54) is 0 Å². The van der Waals surface area contributed by atoms with Crippen LogP contribution < -0.4 is 4.74 Å². The van der Waals surface area contributed by atoms with Gasteiger partial charge in [-0.15, -0.1) is 0 Å². The van der Waals surface area contributed by atoms with E-state index in [-0.39, 0.29) is 4.83 Å². The minimum absolute atomic E-state index is 0.147. The molecule has 0 saturated carbocycles. The van der Waals surface area contributed by atoms with Crippen molar-refractivity contribution in [3.63, 3.8) is 0 Å². The second-order valence-electron chi connectivity index (χ2n) is 4.61. The summed E-state index contributed by atoms with van der Waals surface area (Å²) in [7, 11) is 1.70. The third-order valence-electron chi connectivity index (χ3n) is 3.21. The van der Waals surface area contributed by atoms with Crippen LogP contribution in [0.1, 0.15) is 21.5 Å². The van der Waals surface area contributed by atoms with Crippen LogP contribution in [0.5, 0.6) is 5.75 Å². The lowest BCUT2D eigenvalue weighted by atomic mass is 10.0. The number of aryl methyl sites for hydroxylation is 1. The van der Waals surface area contributed by atoms with Crippen molar-refractivity contribution in [2.45, 2.75) is 18.2 Å². The monoisotopic (exact) mass is 416 g/mol. The van der Waals surface area contributed by atoms with Crippen LogP contribution in [-0.2, 0) is 6.42 Å². The van der Waals surface area contributed by atoms with Gasteiger partial charge < -0.3 is 4.74 Å². The zero-order valence-electron chi connectivity index (χ0n) is 11.3. The average Bonchev–Trinajstić information content (AvgIpc) is 2.43. The van der Waals surface area contributed by atoms with Crippen LogP contribution in [0.2, 0.25) is 5.02 Å². The van der Waals surface area contributed by atoms with Crippen LogP contribution in [0.4, 0.5) is 0 Å². The lowest BCUT2D eigenvalue weighted by molar-refractivity contribution is 0.409. The van der Waals surface area contributed by atoms with Gasteiger partial charge in [0, 0.05) is 19.9 Å². The summed E-state index contributed by atoms with van der Waals surface area (Å²) in [6.45, 7) is 2.05. The third-order valence-corrected chi connectivity index (χ3v) is 5.25. The van der Waals surface area contributed by atoms with E-state index in [2.05, 4.69) is 37.9 Å². The van der Waals surface area contributed by atoms with E-state index in [1.807, 2.05) is 37.3 Å². The van der Waals surface area contributed by atoms with Gasteiger partial charge in [-0.1, -0.05) is 61.7 Å². The first kappa shape index (κ1) is 15.9. The predicted octanol–water partition coefficient (Wildman–Crippen LogP) is 6.10. The van der Waals surface area contributed by atoms with Crippen molar-refractivity contribution in [1.82, 2.24) is 0 Å². The van der Waals surface area contributed by atoms with Crippen molar-refractivity contribution in [3.05, 3.63) is 62.6 Å². The molecule has 0 aliphatic rings. The number of alkyl halides is 1. The molecule has 0 bridgehead atoms. The topological polar surface area (TPSA) is 9.23 Å². The third kappa shape index (κ3) is 3.57. The van der Waals surface area contributed by atoms with Crippen LogP contribution in [-0.4, -0.2) is 7.11 Å². The maximum absolute atomic E-state index is 6.22. The SMILES string of the molecule is COc1cc(C)c(Br)cc1C(Br)Cc1ccccc1Cl. The molecule has 0 aliphatic carbocycles. The second-order valence-corrected chi connectivity index (χ2v) is 6.97. The van der Waals surface area contributed by atoms with Gasteiger partial charge in [0.05, 0.1) is 7.11 Å². The molecule has 0 N–H and O–H groups in total. The minimum atomic E-state index is 0.147. The molecule has 0 spiro atoms. The maximum atomic E-state index is 6.22. The molecule has 0 saturated heterocycles. The van der Waals surface area contributed by atoms with E-state index in [0.717, 1.165) is 38.4 Å². The van der Waals surface area contributed by atoms with E-state index in [1.54, 1.807) is 7.11 Å². The molecule has 1 unspecified atom stereocenters. The Kier molecular flexibility index (Phi) is 5.53. The molecule has 0 radical (unpaired) electrons. The van der Waals surface area contributed by atoms with Crippen LogP contribution in [0.25, 0.3) is 0 Å². The smallest absolute Gasteiger partial charge is 0.123 e. The highest BCUT2D eigenvalue weighted by molar-refractivity contribution is 9.10. The first-order valence-corrected chi connectivity index (χ1v) is 8.33. The number of benzene rings is 2. The van der Waals surface area contributed by atoms with Crippen molar-refractivity contribution in [2.75, 3.05) is 7.11 Å². The molecule has 0 fully saturated rings. The Balaban J connectivity index is 2.32. The van der Waals surface area contributed by atoms with Crippen LogP contribution >= 0.6 is 43.5 Å². The quantitative estimate of drug-likeness (QED) is 0.545. The van der Waals surface area contributed by atoms with Gasteiger partial charge in [0.2, 0.25) is 0 Å². The van der Waals surface area contributed by atoms with Gasteiger partial charge >= 0.3 is 0 Å². The molecule has 106 valence electrons. The van der Waals surface area contributed by atoms with Crippen molar-refractivity contribution in [3.8, 4) is 5.75 Å². The Morgan fingerprint density at radius 2 is 1.95 bits per heavy atom. The summed E-state index contributed by atoms with van der Waals surface area (Å²) in [6, 6.07) is 12.1. The Bertz CT molecular complexity index is 613. The summed E-state index contributed by atoms with van der Waals surface area (Å²) < 4.78 is 6.57. The first-order valence-electron chi connectivity index (χ1n) is 6.24. The molecule has 4 heteroatoms. The van der Waals surface area contributed by atoms with E-state index in [9.17, 15) is 0 Å². The average molecular weight is 419 g/mol. The molecule has 0 heterocycles. The van der Waals surface area contributed by atoms with Gasteiger partial charge in [0.15, 0.2) is 0 Å². The lowest BCUT2D eigenvalue weighted by Crippen LogP contribution is -2.00. The number of rotatable bonds is 4. The fourth-order valence-corrected chi connectivity index (χ4v) is 3.34. The fraction of sp³-hybridized carbons (Fsp3) is 0.250. The molecule has 1 nitrogen and oxygen atoms in total. The minimum Gasteiger partial charge on any atom is -0.496 e. The van der Waals surface area contributed by atoms with Gasteiger partial charge in [0.25, 0.3) is 0 Å². The molecule has 0 aromatic heterocycles. The Morgan fingerprint density at radius 1 is 1.25 bits per heavy atom. The predicted molar refractivity (Wildman–Crippen MR) is 92.3 cm³/mol. The number of hydrogen-bond acceptors (Lipinski definition) is 1. The Labute approximate surface area is 141 Å². The van der Waals surface area contributed by atoms with Crippen LogP contribution in [0, 0.1) is 6.92 Å². The molecule has 2 rings (SSSR count). The number of halogens is 3. The summed E-state index contributed by atoms with van der Waals surface area (Å²) in [6.07, 6.45) is 0.811. The number of hydrogen-bond donors (Lipinski definition) is 0. The molecule has 1 atom stereocenters. The molecule has 0 aliphatic heterocycles. The van der Waals surface area contributed by atoms with Crippen molar-refractivity contribution >= 4 is 43.5 Å². The summed E-state index contributed by atoms with van der Waals surface area (Å²) in [5.74, 6) is 0.889. The van der Waals surface area contributed by atoms with Gasteiger partial charge in [-0.2, -0.15) is 0 Å². The van der Waals surface area contributed by atoms with E-state index >= 15 is 0 Å². The summed E-state index contributed by atoms with van der Waals surface area (Å²) in [5, 5.41) is 0.794. The molecule has 20 heavy (non-hydrogen) atoms. The zero-order chi connectivity index (χ0) is 14.7. The van der Waals surface area contributed by atoms with Gasteiger partial charge in [-0.25, -0.2) is 0 Å². The van der Waals surface area contributed by atoms with Crippen LogP contribution in [0.15, 0.2) is 40.9 Å². The number of methoxy groups -OCH3 is 1. The standard InChI is InChI=1S/C16H15Br2ClO/c1-10-7-16(20-2)12(9-13(10)17)14(18)8-11-5-3-4-6-15(11)19/h3-7,9,14H,8H2,1-2H3. The Morgan fingerprint density at radius 3 is 2.60 bits per heavy atom. The summed E-state index contributed by atoms with van der Waals surface area (Å²) in [5.41, 5.74) is 3.39. The lowest BCUT2D eigenvalue weighted by Gasteiger charge is -2.16. The van der Waals surface area contributed by atoms with Gasteiger partial charge in [0.1, 0.15) is 5.75 Å². The van der Waals surface area contributed by atoms with E-state index in [4.69, 9.17) is 16.3 Å². The zero-order valence-corrected chi connectivity index (χ0v) is 15.2. The molecule has 0 amide bonds. The molecular weight excluding hydrogens is 403 g/mol. The van der Waals surface area contributed by atoms with Crippen molar-refractivity contribution in [2.24, 2.45) is 0 Å². The maximum Gasteiger partial charge on any atom is 0.123 e.